The Balaban J connectivity index is 2.13. The summed E-state index contributed by atoms with van der Waals surface area (Å²) in [5.74, 6) is -0.178. The normalized spacial score (nSPS) is 18.1. The van der Waals surface area contributed by atoms with E-state index in [1.165, 1.54) is 11.8 Å². The van der Waals surface area contributed by atoms with Crippen molar-refractivity contribution in [2.75, 3.05) is 0 Å². The Labute approximate surface area is 134 Å². The van der Waals surface area contributed by atoms with E-state index in [1.54, 1.807) is 23.7 Å². The van der Waals surface area contributed by atoms with E-state index in [9.17, 15) is 4.79 Å². The Hall–Kier alpha value is -1.20. The Kier molecular flexibility index (Phi) is 5.17. The maximum atomic E-state index is 12.4. The van der Waals surface area contributed by atoms with Gasteiger partial charge in [0.25, 0.3) is 5.91 Å². The van der Waals surface area contributed by atoms with Crippen LogP contribution < -0.4 is 5.32 Å². The summed E-state index contributed by atoms with van der Waals surface area (Å²) < 4.78 is 0. The van der Waals surface area contributed by atoms with Crippen LogP contribution in [0.25, 0.3) is 0 Å². The third-order valence-corrected chi connectivity index (χ3v) is 5.15. The first-order valence-electron chi connectivity index (χ1n) is 7.04. The van der Waals surface area contributed by atoms with Crippen molar-refractivity contribution in [1.82, 2.24) is 10.3 Å². The third-order valence-electron chi connectivity index (χ3n) is 4.03. The zero-order valence-corrected chi connectivity index (χ0v) is 14.0. The van der Waals surface area contributed by atoms with Gasteiger partial charge < -0.3 is 5.32 Å². The molecule has 1 aliphatic heterocycles. The van der Waals surface area contributed by atoms with Gasteiger partial charge in [0.1, 0.15) is 0 Å². The first kappa shape index (κ1) is 16.2. The zero-order chi connectivity index (χ0) is 15.5. The summed E-state index contributed by atoms with van der Waals surface area (Å²) in [6.45, 7) is 6.43. The molecule has 1 N–H and O–H groups in total. The number of thioether (sulfide) groups is 1. The van der Waals surface area contributed by atoms with Gasteiger partial charge in [0.15, 0.2) is 5.50 Å². The molecule has 6 heteroatoms. The number of amides is 1. The highest BCUT2D eigenvalue weighted by Gasteiger charge is 2.36. The molecule has 1 aromatic rings. The molecule has 0 fully saturated rings. The molecule has 4 nitrogen and oxygen atoms in total. The largest absolute Gasteiger partial charge is 0.322 e. The number of hydrazone groups is 1. The first-order chi connectivity index (χ1) is 10.0. The van der Waals surface area contributed by atoms with Crippen molar-refractivity contribution >= 4 is 34.8 Å². The molecule has 0 spiro atoms. The van der Waals surface area contributed by atoms with Crippen LogP contribution in [0, 0.1) is 0 Å². The number of hydrogen-bond acceptors (Lipinski definition) is 4. The quantitative estimate of drug-likeness (QED) is 0.892. The Morgan fingerprint density at radius 2 is 2.10 bits per heavy atom. The van der Waals surface area contributed by atoms with Crippen LogP contribution in [0.4, 0.5) is 0 Å². The van der Waals surface area contributed by atoms with E-state index in [-0.39, 0.29) is 16.9 Å². The smallest absolute Gasteiger partial charge is 0.255 e. The minimum absolute atomic E-state index is 0.0710. The predicted molar refractivity (Wildman–Crippen MR) is 89.6 cm³/mol. The summed E-state index contributed by atoms with van der Waals surface area (Å²) in [4.78, 5) is 12.4. The maximum absolute atomic E-state index is 12.4. The monoisotopic (exact) mass is 325 g/mol. The van der Waals surface area contributed by atoms with Crippen molar-refractivity contribution in [3.8, 4) is 0 Å². The topological polar surface area (TPSA) is 44.7 Å². The van der Waals surface area contributed by atoms with Crippen LogP contribution in [-0.4, -0.2) is 27.5 Å². The second-order valence-electron chi connectivity index (χ2n) is 5.21. The molecule has 1 unspecified atom stereocenters. The fraction of sp³-hybridized carbons (Fsp3) is 0.467. The van der Waals surface area contributed by atoms with Crippen molar-refractivity contribution in [2.24, 2.45) is 5.10 Å². The second-order valence-corrected chi connectivity index (χ2v) is 6.55. The van der Waals surface area contributed by atoms with E-state index in [0.29, 0.717) is 10.6 Å². The highest BCUT2D eigenvalue weighted by Crippen LogP contribution is 2.32. The van der Waals surface area contributed by atoms with Gasteiger partial charge >= 0.3 is 0 Å². The summed E-state index contributed by atoms with van der Waals surface area (Å²) >= 11 is 7.57. The van der Waals surface area contributed by atoms with Crippen LogP contribution in [0.5, 0.6) is 0 Å². The van der Waals surface area contributed by atoms with Gasteiger partial charge in [-0.15, -0.1) is 0 Å². The van der Waals surface area contributed by atoms with Crippen LogP contribution in [-0.2, 0) is 0 Å². The third kappa shape index (κ3) is 3.35. The number of nitrogens with zero attached hydrogens (tertiary/aromatic N) is 2. The molecule has 0 saturated heterocycles. The minimum atomic E-state index is -0.196. The molecule has 114 valence electrons. The number of halogens is 1. The van der Waals surface area contributed by atoms with Gasteiger partial charge in [-0.3, -0.25) is 9.80 Å². The number of rotatable bonds is 5. The van der Waals surface area contributed by atoms with Gasteiger partial charge in [0.2, 0.25) is 0 Å². The Morgan fingerprint density at radius 1 is 1.43 bits per heavy atom. The van der Waals surface area contributed by atoms with Crippen LogP contribution in [0.3, 0.4) is 0 Å². The van der Waals surface area contributed by atoms with E-state index >= 15 is 0 Å². The summed E-state index contributed by atoms with van der Waals surface area (Å²) in [7, 11) is 0. The standard InChI is InChI=1S/C15H20ClN3OS/c1-4-15(3,5-2)19-14(21-10-17-19)18-13(20)11-8-6-7-9-12(11)16/h6-10,14H,4-5H2,1-3H3,(H,18,20). The highest BCUT2D eigenvalue weighted by molar-refractivity contribution is 8.12. The lowest BCUT2D eigenvalue weighted by Crippen LogP contribution is -2.51. The van der Waals surface area contributed by atoms with Gasteiger partial charge in [0.05, 0.1) is 21.7 Å². The average molecular weight is 326 g/mol. The van der Waals surface area contributed by atoms with Crippen LogP contribution >= 0.6 is 23.4 Å². The van der Waals surface area contributed by atoms with Gasteiger partial charge in [-0.25, -0.2) is 0 Å². The average Bonchev–Trinajstić information content (AvgIpc) is 2.95. The number of nitrogens with one attached hydrogen (secondary N) is 1. The molecule has 0 saturated carbocycles. The molecular formula is C15H20ClN3OS. The Bertz CT molecular complexity index is 545. The number of carbonyl (C=O) groups excluding carboxylic acids is 1. The molecule has 0 aromatic heterocycles. The van der Waals surface area contributed by atoms with Crippen LogP contribution in [0.2, 0.25) is 5.02 Å². The molecule has 1 aromatic carbocycles. The lowest BCUT2D eigenvalue weighted by Gasteiger charge is -2.39. The van der Waals surface area contributed by atoms with Crippen molar-refractivity contribution in [1.29, 1.82) is 0 Å². The van der Waals surface area contributed by atoms with Crippen molar-refractivity contribution in [3.63, 3.8) is 0 Å². The summed E-state index contributed by atoms with van der Waals surface area (Å²) in [5, 5.41) is 9.86. The number of benzene rings is 1. The van der Waals surface area contributed by atoms with Gasteiger partial charge in [0, 0.05) is 0 Å². The molecule has 0 aliphatic carbocycles. The fourth-order valence-corrected chi connectivity index (χ4v) is 3.27. The lowest BCUT2D eigenvalue weighted by molar-refractivity contribution is 0.0667. The summed E-state index contributed by atoms with van der Waals surface area (Å²) in [6, 6.07) is 7.05. The molecule has 1 amide bonds. The minimum Gasteiger partial charge on any atom is -0.322 e. The fourth-order valence-electron chi connectivity index (χ4n) is 2.18. The predicted octanol–water partition coefficient (Wildman–Crippen LogP) is 3.92. The van der Waals surface area contributed by atoms with Crippen molar-refractivity contribution in [2.45, 2.75) is 44.6 Å². The van der Waals surface area contributed by atoms with Crippen LogP contribution in [0.1, 0.15) is 44.0 Å². The first-order valence-corrected chi connectivity index (χ1v) is 8.36. The van der Waals surface area contributed by atoms with Crippen molar-refractivity contribution in [3.05, 3.63) is 34.9 Å². The zero-order valence-electron chi connectivity index (χ0n) is 12.5. The molecular weight excluding hydrogens is 306 g/mol. The Morgan fingerprint density at radius 3 is 2.71 bits per heavy atom. The molecule has 1 atom stereocenters. The van der Waals surface area contributed by atoms with E-state index in [0.717, 1.165) is 12.8 Å². The maximum Gasteiger partial charge on any atom is 0.255 e. The van der Waals surface area contributed by atoms with Gasteiger partial charge in [-0.05, 0) is 31.9 Å². The molecule has 0 radical (unpaired) electrons. The highest BCUT2D eigenvalue weighted by atomic mass is 35.5. The van der Waals surface area contributed by atoms with E-state index in [1.807, 2.05) is 11.1 Å². The van der Waals surface area contributed by atoms with E-state index < -0.39 is 0 Å². The van der Waals surface area contributed by atoms with E-state index in [4.69, 9.17) is 11.6 Å². The lowest BCUT2D eigenvalue weighted by atomic mass is 9.95. The molecule has 1 aliphatic rings. The van der Waals surface area contributed by atoms with Crippen LogP contribution in [0.15, 0.2) is 29.4 Å². The molecule has 21 heavy (non-hydrogen) atoms. The summed E-state index contributed by atoms with van der Waals surface area (Å²) in [5.41, 5.74) is 2.00. The SMILES string of the molecule is CCC(C)(CC)N1N=CSC1NC(=O)c1ccccc1Cl. The van der Waals surface area contributed by atoms with Gasteiger partial charge in [-0.1, -0.05) is 49.3 Å². The molecule has 0 bridgehead atoms. The number of hydrogen-bond donors (Lipinski definition) is 1. The van der Waals surface area contributed by atoms with Crippen molar-refractivity contribution < 1.29 is 4.79 Å². The molecule has 1 heterocycles. The summed E-state index contributed by atoms with van der Waals surface area (Å²) in [6.07, 6.45) is 1.92. The van der Waals surface area contributed by atoms with Gasteiger partial charge in [-0.2, -0.15) is 5.10 Å². The second kappa shape index (κ2) is 6.71. The van der Waals surface area contributed by atoms with E-state index in [2.05, 4.69) is 31.2 Å². The number of carbonyl (C=O) groups is 1. The molecule has 2 rings (SSSR count).